The van der Waals surface area contributed by atoms with Crippen molar-refractivity contribution in [3.8, 4) is 5.75 Å². The van der Waals surface area contributed by atoms with Crippen molar-refractivity contribution in [3.05, 3.63) is 71.4 Å². The lowest BCUT2D eigenvalue weighted by atomic mass is 10.1. The van der Waals surface area contributed by atoms with Crippen molar-refractivity contribution in [1.29, 1.82) is 0 Å². The average molecular weight is 350 g/mol. The molecule has 6 nitrogen and oxygen atoms in total. The molecule has 0 spiro atoms. The largest absolute Gasteiger partial charge is 0.484 e. The van der Waals surface area contributed by atoms with Crippen LogP contribution in [-0.4, -0.2) is 23.5 Å². The average Bonchev–Trinajstić information content (AvgIpc) is 2.64. The van der Waals surface area contributed by atoms with E-state index in [1.54, 1.807) is 30.3 Å². The van der Waals surface area contributed by atoms with Crippen LogP contribution in [0.3, 0.4) is 0 Å². The van der Waals surface area contributed by atoms with E-state index < -0.39 is 11.9 Å². The van der Waals surface area contributed by atoms with Gasteiger partial charge in [-0.25, -0.2) is 4.79 Å². The summed E-state index contributed by atoms with van der Waals surface area (Å²) >= 11 is 0. The van der Waals surface area contributed by atoms with Crippen LogP contribution in [0.2, 0.25) is 0 Å². The Balaban J connectivity index is 1.74. The van der Waals surface area contributed by atoms with Crippen molar-refractivity contribution in [2.75, 3.05) is 6.61 Å². The van der Waals surface area contributed by atoms with Crippen molar-refractivity contribution < 1.29 is 19.1 Å². The zero-order valence-corrected chi connectivity index (χ0v) is 14.3. The number of nitrogens with two attached hydrogens (primary N) is 1. The van der Waals surface area contributed by atoms with E-state index in [-0.39, 0.29) is 13.2 Å². The van der Waals surface area contributed by atoms with Gasteiger partial charge in [0.05, 0.1) is 11.1 Å². The number of rotatable bonds is 6. The number of fused-ring (bicyclic) bond motifs is 1. The molecule has 0 radical (unpaired) electrons. The molecule has 0 aliphatic rings. The normalized spacial score (nSPS) is 10.5. The highest BCUT2D eigenvalue weighted by Crippen LogP contribution is 2.20. The Bertz CT molecular complexity index is 969. The van der Waals surface area contributed by atoms with Crippen molar-refractivity contribution >= 4 is 22.8 Å². The van der Waals surface area contributed by atoms with E-state index in [2.05, 4.69) is 4.98 Å². The number of carbonyl (C=O) groups is 2. The van der Waals surface area contributed by atoms with Gasteiger partial charge in [0.2, 0.25) is 0 Å². The maximum atomic E-state index is 12.5. The minimum Gasteiger partial charge on any atom is -0.484 e. The number of carbonyl (C=O) groups excluding carboxylic acids is 2. The van der Waals surface area contributed by atoms with Crippen LogP contribution in [0.4, 0.5) is 0 Å². The third-order valence-corrected chi connectivity index (χ3v) is 3.71. The number of hydrogen-bond acceptors (Lipinski definition) is 5. The molecular weight excluding hydrogens is 332 g/mol. The maximum Gasteiger partial charge on any atom is 0.339 e. The van der Waals surface area contributed by atoms with E-state index in [9.17, 15) is 9.59 Å². The lowest BCUT2D eigenvalue weighted by Gasteiger charge is -2.10. The smallest absolute Gasteiger partial charge is 0.339 e. The molecule has 26 heavy (non-hydrogen) atoms. The number of amides is 1. The molecule has 0 bridgehead atoms. The fraction of sp³-hybridized carbons (Fsp3) is 0.150. The Kier molecular flexibility index (Phi) is 5.12. The second kappa shape index (κ2) is 7.65. The minimum atomic E-state index is -0.554. The monoisotopic (exact) mass is 350 g/mol. The molecule has 0 aliphatic carbocycles. The number of primary amides is 1. The van der Waals surface area contributed by atoms with Gasteiger partial charge in [0.25, 0.3) is 5.91 Å². The number of esters is 1. The third-order valence-electron chi connectivity index (χ3n) is 3.71. The van der Waals surface area contributed by atoms with E-state index >= 15 is 0 Å². The number of pyridine rings is 1. The number of aromatic nitrogens is 1. The van der Waals surface area contributed by atoms with Crippen LogP contribution in [0.5, 0.6) is 5.75 Å². The quantitative estimate of drug-likeness (QED) is 0.690. The van der Waals surface area contributed by atoms with Crippen LogP contribution in [0.25, 0.3) is 10.9 Å². The van der Waals surface area contributed by atoms with Crippen molar-refractivity contribution in [1.82, 2.24) is 4.98 Å². The Labute approximate surface area is 150 Å². The summed E-state index contributed by atoms with van der Waals surface area (Å²) in [5.41, 5.74) is 7.79. The van der Waals surface area contributed by atoms with Crippen molar-refractivity contribution in [3.63, 3.8) is 0 Å². The van der Waals surface area contributed by atoms with Gasteiger partial charge < -0.3 is 15.2 Å². The highest BCUT2D eigenvalue weighted by molar-refractivity contribution is 6.03. The van der Waals surface area contributed by atoms with Gasteiger partial charge in [0.15, 0.2) is 6.61 Å². The van der Waals surface area contributed by atoms with Crippen molar-refractivity contribution in [2.24, 2.45) is 5.73 Å². The molecule has 1 amide bonds. The molecule has 3 aromatic rings. The summed E-state index contributed by atoms with van der Waals surface area (Å²) in [5.74, 6) is -0.487. The Morgan fingerprint density at radius 1 is 1.08 bits per heavy atom. The summed E-state index contributed by atoms with van der Waals surface area (Å²) in [6, 6.07) is 16.1. The van der Waals surface area contributed by atoms with Crippen LogP contribution < -0.4 is 10.5 Å². The molecule has 0 saturated heterocycles. The molecule has 0 saturated carbocycles. The van der Waals surface area contributed by atoms with Gasteiger partial charge in [-0.15, -0.1) is 0 Å². The molecule has 2 N–H and O–H groups in total. The van der Waals surface area contributed by atoms with Crippen LogP contribution in [0.15, 0.2) is 54.6 Å². The van der Waals surface area contributed by atoms with Crippen LogP contribution in [0, 0.1) is 6.92 Å². The van der Waals surface area contributed by atoms with Gasteiger partial charge in [0.1, 0.15) is 12.4 Å². The summed E-state index contributed by atoms with van der Waals surface area (Å²) in [6.45, 7) is 1.72. The van der Waals surface area contributed by atoms with Gasteiger partial charge in [-0.1, -0.05) is 30.3 Å². The maximum absolute atomic E-state index is 12.5. The first-order valence-electron chi connectivity index (χ1n) is 8.06. The lowest BCUT2D eigenvalue weighted by Crippen LogP contribution is -2.20. The zero-order valence-electron chi connectivity index (χ0n) is 14.3. The second-order valence-corrected chi connectivity index (χ2v) is 5.81. The van der Waals surface area contributed by atoms with Gasteiger partial charge in [-0.3, -0.25) is 9.78 Å². The fourth-order valence-corrected chi connectivity index (χ4v) is 2.58. The summed E-state index contributed by atoms with van der Waals surface area (Å²) in [5, 5.41) is 0.752. The highest BCUT2D eigenvalue weighted by atomic mass is 16.5. The van der Waals surface area contributed by atoms with E-state index in [0.29, 0.717) is 11.3 Å². The van der Waals surface area contributed by atoms with Crippen LogP contribution in [0.1, 0.15) is 21.6 Å². The fourth-order valence-electron chi connectivity index (χ4n) is 2.58. The van der Waals surface area contributed by atoms with Gasteiger partial charge in [-0.05, 0) is 36.8 Å². The molecule has 2 aromatic carbocycles. The molecule has 0 aliphatic heterocycles. The summed E-state index contributed by atoms with van der Waals surface area (Å²) in [6.07, 6.45) is 0. The van der Waals surface area contributed by atoms with E-state index in [0.717, 1.165) is 22.2 Å². The van der Waals surface area contributed by atoms with E-state index in [4.69, 9.17) is 15.2 Å². The van der Waals surface area contributed by atoms with Gasteiger partial charge in [0, 0.05) is 11.1 Å². The first-order chi connectivity index (χ1) is 12.5. The topological polar surface area (TPSA) is 91.5 Å². The first-order valence-corrected chi connectivity index (χ1v) is 8.06. The van der Waals surface area contributed by atoms with Crippen molar-refractivity contribution in [2.45, 2.75) is 13.5 Å². The molecular formula is C20H18N2O4. The molecule has 1 aromatic heterocycles. The number of ether oxygens (including phenoxy) is 2. The Morgan fingerprint density at radius 3 is 2.69 bits per heavy atom. The number of hydrogen-bond donors (Lipinski definition) is 1. The lowest BCUT2D eigenvalue weighted by molar-refractivity contribution is -0.119. The molecule has 132 valence electrons. The number of benzene rings is 2. The zero-order chi connectivity index (χ0) is 18.5. The minimum absolute atomic E-state index is 0.0856. The predicted molar refractivity (Wildman–Crippen MR) is 96.7 cm³/mol. The van der Waals surface area contributed by atoms with Gasteiger partial charge in [-0.2, -0.15) is 0 Å². The predicted octanol–water partition coefficient (Wildman–Crippen LogP) is 2.76. The molecule has 6 heteroatoms. The molecule has 0 fully saturated rings. The molecule has 0 unspecified atom stereocenters. The standard InChI is InChI=1S/C20H18N2O4/c1-13-9-17(16-7-2-3-8-18(16)22-13)20(24)26-11-14-5-4-6-15(10-14)25-12-19(21)23/h2-10H,11-12H2,1H3,(H2,21,23). The Morgan fingerprint density at radius 2 is 1.88 bits per heavy atom. The Hall–Kier alpha value is -3.41. The number of nitrogens with zero attached hydrogens (tertiary/aromatic N) is 1. The SMILES string of the molecule is Cc1cc(C(=O)OCc2cccc(OCC(N)=O)c2)c2ccccc2n1. The summed E-state index contributed by atoms with van der Waals surface area (Å²) < 4.78 is 10.7. The van der Waals surface area contributed by atoms with Gasteiger partial charge >= 0.3 is 5.97 Å². The summed E-state index contributed by atoms with van der Waals surface area (Å²) in [7, 11) is 0. The van der Waals surface area contributed by atoms with E-state index in [1.807, 2.05) is 31.2 Å². The van der Waals surface area contributed by atoms with E-state index in [1.165, 1.54) is 0 Å². The highest BCUT2D eigenvalue weighted by Gasteiger charge is 2.13. The van der Waals surface area contributed by atoms with Crippen LogP contribution in [-0.2, 0) is 16.1 Å². The molecule has 0 atom stereocenters. The number of para-hydroxylation sites is 1. The van der Waals surface area contributed by atoms with Crippen LogP contribution >= 0.6 is 0 Å². The number of aryl methyl sites for hydroxylation is 1. The third kappa shape index (κ3) is 4.16. The molecule has 3 rings (SSSR count). The molecule has 1 heterocycles. The summed E-state index contributed by atoms with van der Waals surface area (Å²) in [4.78, 5) is 27.7. The first kappa shape index (κ1) is 17.4. The second-order valence-electron chi connectivity index (χ2n) is 5.81.